The lowest BCUT2D eigenvalue weighted by atomic mass is 10.2. The standard InChI is InChI=1S/C17H19ClN6O3/c18-17-20-16(24(26)27)12-23(17)11-15(25)10-21-5-7-22(8-6-21)14-3-1-13(9-19)2-4-14/h1-4,12,15,25H,5-8,10-11H2/t15-/m0/s1. The van der Waals surface area contributed by atoms with Crippen LogP contribution >= 0.6 is 11.6 Å². The van der Waals surface area contributed by atoms with Crippen LogP contribution in [0.15, 0.2) is 30.5 Å². The lowest BCUT2D eigenvalue weighted by molar-refractivity contribution is -0.389. The van der Waals surface area contributed by atoms with Crippen LogP contribution in [0.4, 0.5) is 11.5 Å². The van der Waals surface area contributed by atoms with Gasteiger partial charge < -0.3 is 20.1 Å². The zero-order valence-electron chi connectivity index (χ0n) is 14.5. The Hall–Kier alpha value is -2.67. The Morgan fingerprint density at radius 1 is 1.26 bits per heavy atom. The molecule has 1 fully saturated rings. The first-order chi connectivity index (χ1) is 13.0. The van der Waals surface area contributed by atoms with Crippen molar-refractivity contribution in [3.63, 3.8) is 0 Å². The first-order valence-electron chi connectivity index (χ1n) is 8.49. The number of anilines is 1. The molecule has 1 aromatic heterocycles. The third kappa shape index (κ3) is 4.74. The molecule has 0 spiro atoms. The van der Waals surface area contributed by atoms with Crippen LogP contribution in [-0.2, 0) is 6.54 Å². The van der Waals surface area contributed by atoms with Crippen LogP contribution in [0, 0.1) is 21.4 Å². The molecular formula is C17H19ClN6O3. The summed E-state index contributed by atoms with van der Waals surface area (Å²) in [5.74, 6) is -0.330. The van der Waals surface area contributed by atoms with Gasteiger partial charge >= 0.3 is 11.1 Å². The highest BCUT2D eigenvalue weighted by atomic mass is 35.5. The number of imidazole rings is 1. The molecule has 0 bridgehead atoms. The van der Waals surface area contributed by atoms with Crippen LogP contribution in [0.5, 0.6) is 0 Å². The quantitative estimate of drug-likeness (QED) is 0.587. The molecule has 1 aliphatic rings. The van der Waals surface area contributed by atoms with Gasteiger partial charge in [0.2, 0.25) is 0 Å². The number of halogens is 1. The smallest absolute Gasteiger partial charge is 0.383 e. The van der Waals surface area contributed by atoms with Crippen molar-refractivity contribution in [1.29, 1.82) is 5.26 Å². The van der Waals surface area contributed by atoms with E-state index in [4.69, 9.17) is 16.9 Å². The molecule has 10 heteroatoms. The van der Waals surface area contributed by atoms with Crippen LogP contribution in [0.2, 0.25) is 5.28 Å². The Balaban J connectivity index is 1.50. The maximum atomic E-state index is 10.7. The van der Waals surface area contributed by atoms with Gasteiger partial charge in [-0.1, -0.05) is 0 Å². The molecule has 27 heavy (non-hydrogen) atoms. The van der Waals surface area contributed by atoms with Crippen molar-refractivity contribution in [2.75, 3.05) is 37.6 Å². The van der Waals surface area contributed by atoms with Gasteiger partial charge in [0, 0.05) is 38.4 Å². The average molecular weight is 391 g/mol. The van der Waals surface area contributed by atoms with E-state index in [1.807, 2.05) is 12.1 Å². The molecule has 1 aliphatic heterocycles. The normalized spacial score (nSPS) is 16.1. The zero-order valence-corrected chi connectivity index (χ0v) is 15.3. The maximum Gasteiger partial charge on any atom is 0.383 e. The maximum absolute atomic E-state index is 10.7. The van der Waals surface area contributed by atoms with Crippen molar-refractivity contribution in [3.8, 4) is 6.07 Å². The Bertz CT molecular complexity index is 839. The Kier molecular flexibility index (Phi) is 5.91. The topological polar surface area (TPSA) is 111 Å². The number of hydrogen-bond donors (Lipinski definition) is 1. The van der Waals surface area contributed by atoms with E-state index in [0.29, 0.717) is 12.1 Å². The Morgan fingerprint density at radius 2 is 1.93 bits per heavy atom. The SMILES string of the molecule is N#Cc1ccc(N2CCN(C[C@H](O)Cn3cc([N+](=O)[O-])nc3Cl)CC2)cc1. The number of β-amino-alcohol motifs (C(OH)–C–C–N with tert-alkyl or cyclic N) is 1. The van der Waals surface area contributed by atoms with E-state index in [1.54, 1.807) is 12.1 Å². The van der Waals surface area contributed by atoms with Crippen molar-refractivity contribution in [1.82, 2.24) is 14.5 Å². The Labute approximate surface area is 161 Å². The number of piperazine rings is 1. The molecule has 3 rings (SSSR count). The first-order valence-corrected chi connectivity index (χ1v) is 8.86. The monoisotopic (exact) mass is 390 g/mol. The van der Waals surface area contributed by atoms with Crippen molar-refractivity contribution in [3.05, 3.63) is 51.4 Å². The van der Waals surface area contributed by atoms with E-state index in [2.05, 4.69) is 20.9 Å². The molecule has 1 saturated heterocycles. The van der Waals surface area contributed by atoms with E-state index < -0.39 is 11.0 Å². The Morgan fingerprint density at radius 3 is 2.48 bits per heavy atom. The summed E-state index contributed by atoms with van der Waals surface area (Å²) in [6, 6.07) is 9.60. The number of nitro groups is 1. The number of hydrogen-bond acceptors (Lipinski definition) is 7. The van der Waals surface area contributed by atoms with Gasteiger partial charge in [-0.2, -0.15) is 5.26 Å². The molecule has 1 aromatic carbocycles. The lowest BCUT2D eigenvalue weighted by Gasteiger charge is -2.37. The molecule has 0 amide bonds. The summed E-state index contributed by atoms with van der Waals surface area (Å²) in [6.07, 6.45) is 0.520. The van der Waals surface area contributed by atoms with Crippen molar-refractivity contribution in [2.45, 2.75) is 12.6 Å². The second-order valence-electron chi connectivity index (χ2n) is 6.38. The summed E-state index contributed by atoms with van der Waals surface area (Å²) in [4.78, 5) is 18.1. The summed E-state index contributed by atoms with van der Waals surface area (Å²) in [6.45, 7) is 3.80. The summed E-state index contributed by atoms with van der Waals surface area (Å²) in [7, 11) is 0. The summed E-state index contributed by atoms with van der Waals surface area (Å²) < 4.78 is 1.39. The number of aliphatic hydroxyl groups excluding tert-OH is 1. The average Bonchev–Trinajstić information content (AvgIpc) is 3.03. The summed E-state index contributed by atoms with van der Waals surface area (Å²) >= 11 is 5.88. The predicted octanol–water partition coefficient (Wildman–Crippen LogP) is 1.50. The summed E-state index contributed by atoms with van der Waals surface area (Å²) in [5.41, 5.74) is 1.71. The van der Waals surface area contributed by atoms with Gasteiger partial charge in [0.05, 0.1) is 24.3 Å². The van der Waals surface area contributed by atoms with Crippen LogP contribution in [0.3, 0.4) is 0 Å². The van der Waals surface area contributed by atoms with Crippen molar-refractivity contribution in [2.24, 2.45) is 0 Å². The van der Waals surface area contributed by atoms with Gasteiger partial charge in [-0.05, 0) is 45.8 Å². The van der Waals surface area contributed by atoms with Gasteiger partial charge in [-0.15, -0.1) is 0 Å². The fourth-order valence-electron chi connectivity index (χ4n) is 3.11. The zero-order chi connectivity index (χ0) is 19.4. The van der Waals surface area contributed by atoms with Crippen LogP contribution in [0.1, 0.15) is 5.56 Å². The van der Waals surface area contributed by atoms with E-state index in [1.165, 1.54) is 10.8 Å². The fraction of sp³-hybridized carbons (Fsp3) is 0.412. The molecule has 2 aromatic rings. The van der Waals surface area contributed by atoms with Crippen LogP contribution < -0.4 is 4.90 Å². The number of nitrogens with zero attached hydrogens (tertiary/aromatic N) is 6. The van der Waals surface area contributed by atoms with E-state index in [-0.39, 0.29) is 17.6 Å². The number of benzene rings is 1. The third-order valence-corrected chi connectivity index (χ3v) is 4.81. The molecule has 9 nitrogen and oxygen atoms in total. The molecule has 1 N–H and O–H groups in total. The number of nitriles is 1. The molecule has 0 saturated carbocycles. The predicted molar refractivity (Wildman–Crippen MR) is 99.7 cm³/mol. The third-order valence-electron chi connectivity index (χ3n) is 4.51. The molecule has 0 unspecified atom stereocenters. The molecule has 0 radical (unpaired) electrons. The number of aliphatic hydroxyl groups is 1. The number of rotatable bonds is 6. The van der Waals surface area contributed by atoms with Gasteiger partial charge in [0.1, 0.15) is 6.20 Å². The van der Waals surface area contributed by atoms with E-state index >= 15 is 0 Å². The van der Waals surface area contributed by atoms with E-state index in [0.717, 1.165) is 31.9 Å². The molecule has 2 heterocycles. The van der Waals surface area contributed by atoms with Crippen LogP contribution in [-0.4, -0.2) is 63.3 Å². The van der Waals surface area contributed by atoms with Gasteiger partial charge in [0.25, 0.3) is 0 Å². The first kappa shape index (κ1) is 19.1. The largest absolute Gasteiger partial charge is 0.390 e. The van der Waals surface area contributed by atoms with E-state index in [9.17, 15) is 15.2 Å². The van der Waals surface area contributed by atoms with Crippen molar-refractivity contribution >= 4 is 23.1 Å². The van der Waals surface area contributed by atoms with Gasteiger partial charge in [-0.3, -0.25) is 9.47 Å². The second-order valence-corrected chi connectivity index (χ2v) is 6.72. The van der Waals surface area contributed by atoms with Gasteiger partial charge in [-0.25, -0.2) is 0 Å². The highest BCUT2D eigenvalue weighted by Crippen LogP contribution is 2.18. The fourth-order valence-corrected chi connectivity index (χ4v) is 3.32. The molecule has 0 aliphatic carbocycles. The highest BCUT2D eigenvalue weighted by Gasteiger charge is 2.22. The lowest BCUT2D eigenvalue weighted by Crippen LogP contribution is -2.49. The number of aromatic nitrogens is 2. The van der Waals surface area contributed by atoms with Gasteiger partial charge in [0.15, 0.2) is 0 Å². The second kappa shape index (κ2) is 8.35. The van der Waals surface area contributed by atoms with Crippen LogP contribution in [0.25, 0.3) is 0 Å². The minimum Gasteiger partial charge on any atom is -0.390 e. The van der Waals surface area contributed by atoms with Crippen molar-refractivity contribution < 1.29 is 10.0 Å². The molecule has 142 valence electrons. The molecular weight excluding hydrogens is 372 g/mol. The highest BCUT2D eigenvalue weighted by molar-refractivity contribution is 6.28. The minimum atomic E-state index is -0.710. The summed E-state index contributed by atoms with van der Waals surface area (Å²) in [5, 5.41) is 29.9. The minimum absolute atomic E-state index is 0.00798. The molecule has 1 atom stereocenters.